The number of hydrogen-bond acceptors (Lipinski definition) is 4. The number of carbonyl (C=O) groups excluding carboxylic acids is 1. The summed E-state index contributed by atoms with van der Waals surface area (Å²) < 4.78 is 0. The van der Waals surface area contributed by atoms with E-state index in [1.54, 1.807) is 12.4 Å². The van der Waals surface area contributed by atoms with E-state index in [0.717, 1.165) is 44.4 Å². The first kappa shape index (κ1) is 23.9. The number of rotatable bonds is 5. The van der Waals surface area contributed by atoms with Gasteiger partial charge in [-0.1, -0.05) is 66.7 Å². The van der Waals surface area contributed by atoms with Crippen LogP contribution >= 0.6 is 0 Å². The van der Waals surface area contributed by atoms with E-state index in [-0.39, 0.29) is 11.7 Å². The molecule has 38 heavy (non-hydrogen) atoms. The Morgan fingerprint density at radius 3 is 2.39 bits per heavy atom. The predicted octanol–water partition coefficient (Wildman–Crippen LogP) is 5.66. The number of nitrogens with one attached hydrogen (secondary N) is 1. The van der Waals surface area contributed by atoms with Crippen LogP contribution in [0.25, 0.3) is 33.3 Å². The zero-order chi connectivity index (χ0) is 26.1. The molecule has 3 N–H and O–H groups in total. The van der Waals surface area contributed by atoms with E-state index in [1.807, 2.05) is 89.8 Å². The van der Waals surface area contributed by atoms with E-state index < -0.39 is 5.60 Å². The number of hydrogen-bond donors (Lipinski definition) is 3. The number of likely N-dealkylation sites (tertiary alicyclic amines) is 1. The number of pyridine rings is 1. The lowest BCUT2D eigenvalue weighted by atomic mass is 9.84. The molecule has 1 aliphatic rings. The maximum absolute atomic E-state index is 13.0. The van der Waals surface area contributed by atoms with Crippen molar-refractivity contribution >= 4 is 16.8 Å². The number of nitrogens with zero attached hydrogens (tertiary/aromatic N) is 2. The minimum absolute atomic E-state index is 0.0611. The van der Waals surface area contributed by atoms with Crippen LogP contribution in [0.3, 0.4) is 0 Å². The summed E-state index contributed by atoms with van der Waals surface area (Å²) in [5.41, 5.74) is 5.08. The van der Waals surface area contributed by atoms with Crippen LogP contribution in [0.5, 0.6) is 5.75 Å². The van der Waals surface area contributed by atoms with E-state index in [9.17, 15) is 15.0 Å². The van der Waals surface area contributed by atoms with Crippen molar-refractivity contribution < 1.29 is 15.0 Å². The fourth-order valence-corrected chi connectivity index (χ4v) is 5.36. The lowest BCUT2D eigenvalue weighted by Crippen LogP contribution is -2.45. The van der Waals surface area contributed by atoms with Crippen LogP contribution in [0.15, 0.2) is 97.3 Å². The van der Waals surface area contributed by atoms with E-state index in [1.165, 1.54) is 0 Å². The van der Waals surface area contributed by atoms with Gasteiger partial charge < -0.3 is 20.1 Å². The van der Waals surface area contributed by atoms with Crippen LogP contribution in [0.4, 0.5) is 0 Å². The van der Waals surface area contributed by atoms with Gasteiger partial charge in [0.05, 0.1) is 17.7 Å². The number of aromatic hydroxyl groups is 1. The molecule has 1 aliphatic heterocycles. The number of carbonyl (C=O) groups is 1. The second kappa shape index (κ2) is 9.80. The van der Waals surface area contributed by atoms with Crippen LogP contribution in [0.1, 0.15) is 24.0 Å². The van der Waals surface area contributed by atoms with Crippen LogP contribution < -0.4 is 0 Å². The van der Waals surface area contributed by atoms with Gasteiger partial charge in [0.25, 0.3) is 0 Å². The van der Waals surface area contributed by atoms with Crippen molar-refractivity contribution in [1.82, 2.24) is 14.9 Å². The van der Waals surface area contributed by atoms with Gasteiger partial charge in [0.2, 0.25) is 5.91 Å². The quantitative estimate of drug-likeness (QED) is 0.289. The van der Waals surface area contributed by atoms with Crippen LogP contribution in [0, 0.1) is 0 Å². The number of piperidine rings is 1. The van der Waals surface area contributed by atoms with Gasteiger partial charge in [-0.15, -0.1) is 0 Å². The smallest absolute Gasteiger partial charge is 0.226 e. The molecule has 0 bridgehead atoms. The summed E-state index contributed by atoms with van der Waals surface area (Å²) in [7, 11) is 0. The third-order valence-electron chi connectivity index (χ3n) is 7.62. The third-order valence-corrected chi connectivity index (χ3v) is 7.62. The Kier molecular flexibility index (Phi) is 6.18. The normalized spacial score (nSPS) is 15.0. The van der Waals surface area contributed by atoms with Crippen molar-refractivity contribution in [3.8, 4) is 28.1 Å². The number of phenols is 1. The molecule has 3 heterocycles. The average molecular weight is 504 g/mol. The molecule has 6 nitrogen and oxygen atoms in total. The van der Waals surface area contributed by atoms with E-state index in [2.05, 4.69) is 9.97 Å². The van der Waals surface area contributed by atoms with Gasteiger partial charge in [0, 0.05) is 47.5 Å². The first-order valence-corrected chi connectivity index (χ1v) is 12.9. The Morgan fingerprint density at radius 1 is 0.921 bits per heavy atom. The summed E-state index contributed by atoms with van der Waals surface area (Å²) >= 11 is 0. The fraction of sp³-hybridized carbons (Fsp3) is 0.188. The van der Waals surface area contributed by atoms with Gasteiger partial charge in [0.15, 0.2) is 0 Å². The van der Waals surface area contributed by atoms with Crippen LogP contribution in [0.2, 0.25) is 0 Å². The second-order valence-corrected chi connectivity index (χ2v) is 10.00. The zero-order valence-electron chi connectivity index (χ0n) is 21.0. The summed E-state index contributed by atoms with van der Waals surface area (Å²) in [5, 5.41) is 23.2. The fourth-order valence-electron chi connectivity index (χ4n) is 5.36. The van der Waals surface area contributed by atoms with Crippen LogP contribution in [-0.4, -0.2) is 44.1 Å². The highest BCUT2D eigenvalue weighted by atomic mass is 16.3. The molecule has 6 rings (SSSR count). The van der Waals surface area contributed by atoms with Crippen molar-refractivity contribution in [2.24, 2.45) is 0 Å². The molecule has 190 valence electrons. The lowest BCUT2D eigenvalue weighted by molar-refractivity contribution is -0.135. The highest BCUT2D eigenvalue weighted by Gasteiger charge is 2.35. The molecular formula is C32H29N3O3. The molecule has 1 amide bonds. The molecule has 0 aliphatic carbocycles. The Balaban J connectivity index is 1.14. The number of aromatic amines is 1. The summed E-state index contributed by atoms with van der Waals surface area (Å²) in [5.74, 6) is 0.265. The molecule has 0 radical (unpaired) electrons. The maximum Gasteiger partial charge on any atom is 0.226 e. The monoisotopic (exact) mass is 503 g/mol. The molecule has 3 aromatic carbocycles. The van der Waals surface area contributed by atoms with Gasteiger partial charge in [0.1, 0.15) is 5.75 Å². The summed E-state index contributed by atoms with van der Waals surface area (Å²) in [4.78, 5) is 22.4. The predicted molar refractivity (Wildman–Crippen MR) is 148 cm³/mol. The number of phenolic OH excluding ortho intramolecular Hbond substituents is 1. The molecule has 0 spiro atoms. The van der Waals surface area contributed by atoms with Gasteiger partial charge in [-0.05, 0) is 47.7 Å². The largest absolute Gasteiger partial charge is 0.507 e. The Hall–Kier alpha value is -4.42. The summed E-state index contributed by atoms with van der Waals surface area (Å²) in [6.45, 7) is 1.07. The van der Waals surface area contributed by atoms with Gasteiger partial charge in [-0.25, -0.2) is 0 Å². The molecule has 2 aromatic heterocycles. The van der Waals surface area contributed by atoms with E-state index >= 15 is 0 Å². The number of aliphatic hydroxyl groups is 1. The Labute approximate surface area is 221 Å². The topological polar surface area (TPSA) is 89.5 Å². The number of fused-ring (bicyclic) bond motifs is 1. The molecule has 1 fully saturated rings. The standard InChI is InChI=1S/C32H29N3O3/c36-30(35-17-14-32(38,15-18-35)25-5-2-1-3-6-25)19-22-9-11-23(12-10-22)26-7-4-8-27(31(26)37)29-20-24-21-33-16-13-28(24)34-29/h1-13,16,20-21,34,37-38H,14-15,17-19H2. The number of amides is 1. The van der Waals surface area contributed by atoms with Crippen LogP contribution in [-0.2, 0) is 16.8 Å². The number of para-hydroxylation sites is 1. The number of benzene rings is 3. The van der Waals surface area contributed by atoms with E-state index in [0.29, 0.717) is 32.4 Å². The molecule has 1 saturated heterocycles. The average Bonchev–Trinajstić information content (AvgIpc) is 3.39. The molecule has 5 aromatic rings. The van der Waals surface area contributed by atoms with Gasteiger partial charge >= 0.3 is 0 Å². The van der Waals surface area contributed by atoms with Crippen molar-refractivity contribution in [2.75, 3.05) is 13.1 Å². The SMILES string of the molecule is O=C(Cc1ccc(-c2cccc(-c3cc4cnccc4[nH]3)c2O)cc1)N1CCC(O)(c2ccccc2)CC1. The molecule has 0 saturated carbocycles. The highest BCUT2D eigenvalue weighted by molar-refractivity contribution is 5.89. The second-order valence-electron chi connectivity index (χ2n) is 10.00. The zero-order valence-corrected chi connectivity index (χ0v) is 21.0. The lowest BCUT2D eigenvalue weighted by Gasteiger charge is -2.38. The number of H-pyrrole nitrogens is 1. The maximum atomic E-state index is 13.0. The molecule has 0 atom stereocenters. The third kappa shape index (κ3) is 4.55. The van der Waals surface area contributed by atoms with Crippen molar-refractivity contribution in [3.05, 3.63) is 108 Å². The van der Waals surface area contributed by atoms with Crippen molar-refractivity contribution in [1.29, 1.82) is 0 Å². The number of aromatic nitrogens is 2. The van der Waals surface area contributed by atoms with Gasteiger partial charge in [-0.3, -0.25) is 9.78 Å². The first-order chi connectivity index (χ1) is 18.5. The molecule has 0 unspecified atom stereocenters. The van der Waals surface area contributed by atoms with Crippen molar-refractivity contribution in [3.63, 3.8) is 0 Å². The summed E-state index contributed by atoms with van der Waals surface area (Å²) in [6, 6.07) is 27.1. The highest BCUT2D eigenvalue weighted by Crippen LogP contribution is 2.38. The first-order valence-electron chi connectivity index (χ1n) is 12.9. The molecular weight excluding hydrogens is 474 g/mol. The van der Waals surface area contributed by atoms with E-state index in [4.69, 9.17) is 0 Å². The minimum atomic E-state index is -0.875. The Bertz CT molecular complexity index is 1550. The minimum Gasteiger partial charge on any atom is -0.507 e. The van der Waals surface area contributed by atoms with Gasteiger partial charge in [-0.2, -0.15) is 0 Å². The Morgan fingerprint density at radius 2 is 1.66 bits per heavy atom. The molecule has 6 heteroatoms. The van der Waals surface area contributed by atoms with Crippen molar-refractivity contribution in [2.45, 2.75) is 24.9 Å². The summed E-state index contributed by atoms with van der Waals surface area (Å²) in [6.07, 6.45) is 4.90.